The van der Waals surface area contributed by atoms with Gasteiger partial charge in [0.1, 0.15) is 13.2 Å². The Balaban J connectivity index is 1.35. The van der Waals surface area contributed by atoms with Gasteiger partial charge in [-0.1, -0.05) is 17.4 Å². The number of ether oxygens (including phenoxy) is 2. The first-order valence-electron chi connectivity index (χ1n) is 10.1. The zero-order chi connectivity index (χ0) is 22.9. The van der Waals surface area contributed by atoms with Gasteiger partial charge in [0.25, 0.3) is 5.91 Å². The van der Waals surface area contributed by atoms with E-state index in [0.29, 0.717) is 40.4 Å². The van der Waals surface area contributed by atoms with Gasteiger partial charge in [0.05, 0.1) is 15.4 Å². The van der Waals surface area contributed by atoms with Gasteiger partial charge in [-0.15, -0.1) is 17.9 Å². The van der Waals surface area contributed by atoms with Crippen LogP contribution in [0.4, 0.5) is 5.13 Å². The van der Waals surface area contributed by atoms with Gasteiger partial charge in [0, 0.05) is 11.4 Å². The Labute approximate surface area is 202 Å². The fourth-order valence-electron chi connectivity index (χ4n) is 3.42. The SMILES string of the molecule is C=CCn1c(-c2sc(NC(=O)c3ccc(-c4ccc5c(c4)OCCO5)s3)nc2C)n[nH]c1=S. The zero-order valence-electron chi connectivity index (χ0n) is 17.6. The molecule has 0 saturated carbocycles. The third-order valence-electron chi connectivity index (χ3n) is 4.95. The van der Waals surface area contributed by atoms with E-state index in [1.807, 2.05) is 41.8 Å². The topological polar surface area (TPSA) is 94.1 Å². The number of thiophene rings is 1. The molecule has 0 atom stereocenters. The van der Waals surface area contributed by atoms with Crippen LogP contribution in [0, 0.1) is 11.7 Å². The molecule has 0 fully saturated rings. The average molecular weight is 498 g/mol. The lowest BCUT2D eigenvalue weighted by atomic mass is 10.1. The van der Waals surface area contributed by atoms with Crippen LogP contribution in [-0.2, 0) is 6.54 Å². The van der Waals surface area contributed by atoms with Crippen molar-refractivity contribution in [2.24, 2.45) is 0 Å². The average Bonchev–Trinajstić information content (AvgIpc) is 3.53. The Morgan fingerprint density at radius 1 is 1.27 bits per heavy atom. The number of benzene rings is 1. The predicted octanol–water partition coefficient (Wildman–Crippen LogP) is 5.31. The normalized spacial score (nSPS) is 12.5. The Morgan fingerprint density at radius 2 is 2.09 bits per heavy atom. The lowest BCUT2D eigenvalue weighted by Gasteiger charge is -2.18. The second-order valence-electron chi connectivity index (χ2n) is 7.16. The lowest BCUT2D eigenvalue weighted by Crippen LogP contribution is -2.15. The maximum absolute atomic E-state index is 12.9. The molecule has 0 aliphatic carbocycles. The van der Waals surface area contributed by atoms with Gasteiger partial charge >= 0.3 is 0 Å². The number of aromatic nitrogens is 4. The summed E-state index contributed by atoms with van der Waals surface area (Å²) < 4.78 is 13.6. The van der Waals surface area contributed by atoms with Crippen molar-refractivity contribution in [3.8, 4) is 32.6 Å². The molecule has 8 nitrogen and oxygen atoms in total. The minimum atomic E-state index is -0.214. The van der Waals surface area contributed by atoms with Crippen LogP contribution in [0.1, 0.15) is 15.4 Å². The van der Waals surface area contributed by atoms with Gasteiger partial charge in [-0.05, 0) is 55.0 Å². The number of allylic oxidation sites excluding steroid dienone is 1. The molecule has 2 N–H and O–H groups in total. The van der Waals surface area contributed by atoms with E-state index in [0.717, 1.165) is 32.5 Å². The van der Waals surface area contributed by atoms with Crippen LogP contribution in [-0.4, -0.2) is 38.9 Å². The standard InChI is InChI=1S/C22H19N5O3S3/c1-3-8-27-19(25-26-22(27)31)18-12(2)23-21(33-18)24-20(28)17-7-6-16(32-17)13-4-5-14-15(11-13)30-10-9-29-14/h3-7,11H,1,8-10H2,2H3,(H,26,31)(H,23,24,28). The second kappa shape index (κ2) is 8.93. The number of amides is 1. The van der Waals surface area contributed by atoms with Crippen molar-refractivity contribution in [2.45, 2.75) is 13.5 Å². The largest absolute Gasteiger partial charge is 0.486 e. The minimum absolute atomic E-state index is 0.214. The number of rotatable bonds is 6. The molecule has 4 aromatic rings. The number of nitrogens with one attached hydrogen (secondary N) is 2. The summed E-state index contributed by atoms with van der Waals surface area (Å²) in [6.07, 6.45) is 1.75. The lowest BCUT2D eigenvalue weighted by molar-refractivity contribution is 0.103. The first kappa shape index (κ1) is 21.6. The summed E-state index contributed by atoms with van der Waals surface area (Å²) >= 11 is 8.06. The summed E-state index contributed by atoms with van der Waals surface area (Å²) in [5.41, 5.74) is 1.73. The fraction of sp³-hybridized carbons (Fsp3) is 0.182. The molecular formula is C22H19N5O3S3. The van der Waals surface area contributed by atoms with E-state index in [2.05, 4.69) is 27.1 Å². The maximum Gasteiger partial charge on any atom is 0.267 e. The molecule has 1 aliphatic rings. The Kier molecular flexibility index (Phi) is 5.83. The summed E-state index contributed by atoms with van der Waals surface area (Å²) in [7, 11) is 0. The van der Waals surface area contributed by atoms with E-state index >= 15 is 0 Å². The van der Waals surface area contributed by atoms with Crippen molar-refractivity contribution >= 4 is 45.9 Å². The molecule has 1 amide bonds. The number of anilines is 1. The smallest absolute Gasteiger partial charge is 0.267 e. The molecule has 5 rings (SSSR count). The number of nitrogens with zero attached hydrogens (tertiary/aromatic N) is 3. The van der Waals surface area contributed by atoms with Crippen molar-refractivity contribution in [1.82, 2.24) is 19.7 Å². The van der Waals surface area contributed by atoms with Crippen LogP contribution >= 0.6 is 34.9 Å². The number of H-pyrrole nitrogens is 1. The first-order valence-corrected chi connectivity index (χ1v) is 12.1. The van der Waals surface area contributed by atoms with Crippen molar-refractivity contribution in [1.29, 1.82) is 0 Å². The van der Waals surface area contributed by atoms with E-state index in [1.165, 1.54) is 22.7 Å². The third kappa shape index (κ3) is 4.22. The van der Waals surface area contributed by atoms with Crippen LogP contribution in [0.25, 0.3) is 21.1 Å². The van der Waals surface area contributed by atoms with Gasteiger partial charge in [-0.3, -0.25) is 19.8 Å². The molecule has 4 heterocycles. The first-order chi connectivity index (χ1) is 16.0. The van der Waals surface area contributed by atoms with Crippen molar-refractivity contribution in [3.05, 3.63) is 58.3 Å². The van der Waals surface area contributed by atoms with Crippen LogP contribution in [0.15, 0.2) is 43.0 Å². The zero-order valence-corrected chi connectivity index (χ0v) is 20.0. The fourth-order valence-corrected chi connectivity index (χ4v) is 5.48. The molecule has 3 aromatic heterocycles. The van der Waals surface area contributed by atoms with Gasteiger partial charge in [-0.25, -0.2) is 4.98 Å². The molecule has 33 heavy (non-hydrogen) atoms. The van der Waals surface area contributed by atoms with E-state index in [4.69, 9.17) is 21.7 Å². The third-order valence-corrected chi connectivity index (χ3v) is 7.46. The van der Waals surface area contributed by atoms with Crippen LogP contribution < -0.4 is 14.8 Å². The summed E-state index contributed by atoms with van der Waals surface area (Å²) in [6.45, 7) is 7.26. The monoisotopic (exact) mass is 497 g/mol. The molecule has 0 unspecified atom stereocenters. The highest BCUT2D eigenvalue weighted by Crippen LogP contribution is 2.37. The van der Waals surface area contributed by atoms with E-state index < -0.39 is 0 Å². The molecule has 0 bridgehead atoms. The Morgan fingerprint density at radius 3 is 2.91 bits per heavy atom. The van der Waals surface area contributed by atoms with E-state index in [9.17, 15) is 4.79 Å². The summed E-state index contributed by atoms with van der Waals surface area (Å²) in [5.74, 6) is 1.92. The highest BCUT2D eigenvalue weighted by Gasteiger charge is 2.19. The molecule has 11 heteroatoms. The number of thiazole rings is 1. The molecule has 0 radical (unpaired) electrons. The molecular weight excluding hydrogens is 478 g/mol. The molecule has 1 aromatic carbocycles. The van der Waals surface area contributed by atoms with Gasteiger partial charge in [-0.2, -0.15) is 5.10 Å². The number of aromatic amines is 1. The van der Waals surface area contributed by atoms with Crippen molar-refractivity contribution in [2.75, 3.05) is 18.5 Å². The van der Waals surface area contributed by atoms with Crippen LogP contribution in [0.3, 0.4) is 0 Å². The van der Waals surface area contributed by atoms with Crippen molar-refractivity contribution in [3.63, 3.8) is 0 Å². The number of carbonyl (C=O) groups excluding carboxylic acids is 1. The van der Waals surface area contributed by atoms with E-state index in [1.54, 1.807) is 6.08 Å². The molecule has 1 aliphatic heterocycles. The molecule has 0 spiro atoms. The van der Waals surface area contributed by atoms with Crippen molar-refractivity contribution < 1.29 is 14.3 Å². The highest BCUT2D eigenvalue weighted by atomic mass is 32.1. The van der Waals surface area contributed by atoms with Crippen LogP contribution in [0.2, 0.25) is 0 Å². The number of carbonyl (C=O) groups is 1. The molecule has 168 valence electrons. The minimum Gasteiger partial charge on any atom is -0.486 e. The number of aryl methyl sites for hydroxylation is 1. The highest BCUT2D eigenvalue weighted by molar-refractivity contribution is 7.71. The summed E-state index contributed by atoms with van der Waals surface area (Å²) in [4.78, 5) is 19.8. The number of fused-ring (bicyclic) bond motifs is 1. The van der Waals surface area contributed by atoms with Gasteiger partial charge < -0.3 is 9.47 Å². The van der Waals surface area contributed by atoms with Gasteiger partial charge in [0.15, 0.2) is 27.2 Å². The number of hydrogen-bond donors (Lipinski definition) is 2. The quantitative estimate of drug-likeness (QED) is 0.277. The van der Waals surface area contributed by atoms with Gasteiger partial charge in [0.2, 0.25) is 0 Å². The second-order valence-corrected chi connectivity index (χ2v) is 9.63. The molecule has 0 saturated heterocycles. The van der Waals surface area contributed by atoms with Crippen LogP contribution in [0.5, 0.6) is 11.5 Å². The Bertz CT molecular complexity index is 1410. The maximum atomic E-state index is 12.9. The number of hydrogen-bond acceptors (Lipinski definition) is 8. The van der Waals surface area contributed by atoms with E-state index in [-0.39, 0.29) is 5.91 Å². The summed E-state index contributed by atoms with van der Waals surface area (Å²) in [5, 5.41) is 10.5. The Hall–Kier alpha value is -3.28. The predicted molar refractivity (Wildman–Crippen MR) is 132 cm³/mol. The summed E-state index contributed by atoms with van der Waals surface area (Å²) in [6, 6.07) is 9.53.